The van der Waals surface area contributed by atoms with Gasteiger partial charge in [0.1, 0.15) is 0 Å². The van der Waals surface area contributed by atoms with E-state index in [2.05, 4.69) is 4.74 Å². The maximum absolute atomic E-state index is 11.3. The Morgan fingerprint density at radius 3 is 2.26 bits per heavy atom. The number of fused-ring (bicyclic) bond motifs is 1. The molecule has 3 aliphatic rings. The van der Waals surface area contributed by atoms with Crippen molar-refractivity contribution < 1.29 is 35.1 Å². The average Bonchev–Trinajstić information content (AvgIpc) is 3.01. The van der Waals surface area contributed by atoms with Gasteiger partial charge in [-0.2, -0.15) is 16.8 Å². The number of esters is 1. The first-order valence-electron chi connectivity index (χ1n) is 7.65. The fourth-order valence-electron chi connectivity index (χ4n) is 3.26. The van der Waals surface area contributed by atoms with Crippen molar-refractivity contribution in [3.63, 3.8) is 0 Å². The number of carbonyl (C=O) groups is 1. The van der Waals surface area contributed by atoms with Crippen molar-refractivity contribution in [2.75, 3.05) is 12.4 Å². The minimum absolute atomic E-state index is 0.0590. The molecule has 2 aliphatic carbocycles. The Hall–Kier alpha value is -0.710. The van der Waals surface area contributed by atoms with Crippen LogP contribution in [0.1, 0.15) is 40.0 Å². The highest BCUT2D eigenvalue weighted by Crippen LogP contribution is 2.54. The van der Waals surface area contributed by atoms with E-state index in [1.165, 1.54) is 0 Å². The summed E-state index contributed by atoms with van der Waals surface area (Å²) in [6.07, 6.45) is 3.00. The van der Waals surface area contributed by atoms with E-state index in [1.807, 2.05) is 13.8 Å². The number of hydrogen-bond acceptors (Lipinski definition) is 7. The van der Waals surface area contributed by atoms with Crippen LogP contribution in [0.15, 0.2) is 0 Å². The largest absolute Gasteiger partial charge is 0.465 e. The van der Waals surface area contributed by atoms with Gasteiger partial charge in [-0.25, -0.2) is 0 Å². The van der Waals surface area contributed by atoms with E-state index < -0.39 is 32.0 Å². The summed E-state index contributed by atoms with van der Waals surface area (Å²) in [5.41, 5.74) is 0. The van der Waals surface area contributed by atoms with Gasteiger partial charge in [0.15, 0.2) is 5.75 Å². The summed E-state index contributed by atoms with van der Waals surface area (Å²) < 4.78 is 59.8. The van der Waals surface area contributed by atoms with Crippen molar-refractivity contribution in [2.45, 2.75) is 51.4 Å². The molecule has 1 N–H and O–H groups in total. The molecule has 3 fully saturated rings. The molecule has 0 amide bonds. The van der Waals surface area contributed by atoms with Gasteiger partial charge in [-0.3, -0.25) is 13.5 Å². The molecule has 1 aliphatic heterocycles. The Labute approximate surface area is 137 Å². The zero-order valence-corrected chi connectivity index (χ0v) is 15.1. The van der Waals surface area contributed by atoms with Gasteiger partial charge in [-0.1, -0.05) is 13.8 Å². The van der Waals surface area contributed by atoms with Crippen LogP contribution in [0.25, 0.3) is 0 Å². The Bertz CT molecular complexity index is 608. The molecule has 2 bridgehead atoms. The summed E-state index contributed by atoms with van der Waals surface area (Å²) in [5.74, 6) is -0.914. The van der Waals surface area contributed by atoms with Crippen LogP contribution in [0.2, 0.25) is 0 Å². The molecular weight excluding hydrogens is 348 g/mol. The van der Waals surface area contributed by atoms with Gasteiger partial charge in [-0.15, -0.1) is 0 Å². The van der Waals surface area contributed by atoms with E-state index in [9.17, 15) is 21.6 Å². The van der Waals surface area contributed by atoms with E-state index in [4.69, 9.17) is 8.74 Å². The van der Waals surface area contributed by atoms with E-state index >= 15 is 0 Å². The third-order valence-electron chi connectivity index (χ3n) is 3.93. The molecule has 4 unspecified atom stereocenters. The molecule has 0 radical (unpaired) electrons. The van der Waals surface area contributed by atoms with Crippen molar-refractivity contribution in [2.24, 2.45) is 11.8 Å². The fraction of sp³-hybridized carbons (Fsp3) is 0.923. The van der Waals surface area contributed by atoms with Crippen molar-refractivity contribution in [3.05, 3.63) is 0 Å². The Morgan fingerprint density at radius 1 is 1.26 bits per heavy atom. The zero-order chi connectivity index (χ0) is 17.8. The second kappa shape index (κ2) is 7.91. The monoisotopic (exact) mass is 372 g/mol. The lowest BCUT2D eigenvalue weighted by Crippen LogP contribution is -2.21. The highest BCUT2D eigenvalue weighted by atomic mass is 32.2. The number of carbonyl (C=O) groups excluding carboxylic acids is 1. The van der Waals surface area contributed by atoms with Gasteiger partial charge >= 0.3 is 5.97 Å². The normalized spacial score (nSPS) is 32.3. The first-order chi connectivity index (χ1) is 10.6. The average molecular weight is 372 g/mol. The van der Waals surface area contributed by atoms with Gasteiger partial charge in [0.05, 0.1) is 18.0 Å². The number of rotatable bonds is 3. The van der Waals surface area contributed by atoms with Crippen molar-refractivity contribution >= 4 is 26.2 Å². The van der Waals surface area contributed by atoms with Crippen molar-refractivity contribution in [1.82, 2.24) is 0 Å². The maximum atomic E-state index is 11.3. The molecule has 23 heavy (non-hydrogen) atoms. The first-order valence-corrected chi connectivity index (χ1v) is 10.7. The van der Waals surface area contributed by atoms with Crippen LogP contribution >= 0.6 is 0 Å². The highest BCUT2D eigenvalue weighted by Gasteiger charge is 2.59. The van der Waals surface area contributed by atoms with E-state index in [0.717, 1.165) is 19.3 Å². The van der Waals surface area contributed by atoms with Crippen LogP contribution in [-0.4, -0.2) is 51.1 Å². The molecule has 1 heterocycles. The summed E-state index contributed by atoms with van der Waals surface area (Å²) in [6, 6.07) is 0. The maximum Gasteiger partial charge on any atom is 0.323 e. The molecule has 1 saturated heterocycles. The molecule has 136 valence electrons. The summed E-state index contributed by atoms with van der Waals surface area (Å²) in [5, 5.41) is -0.133. The number of hydrogen-bond donors (Lipinski definition) is 1. The van der Waals surface area contributed by atoms with E-state index in [0.29, 0.717) is 11.8 Å². The minimum Gasteiger partial charge on any atom is -0.465 e. The standard InChI is InChI=1S/C7H10O3S.C4H8O5S.C2H6/c8-11(9)7-3-4-1-5(7)6(2-4)10-11;1-2-9-4(5)3-10(6,7)8;1-2/h4-7H,1-3H2;2-3H2,1H3,(H,6,7,8);1-2H3. The number of ether oxygens (including phenoxy) is 1. The smallest absolute Gasteiger partial charge is 0.323 e. The zero-order valence-electron chi connectivity index (χ0n) is 13.5. The second-order valence-electron chi connectivity index (χ2n) is 5.43. The van der Waals surface area contributed by atoms with Crippen LogP contribution < -0.4 is 0 Å². The molecule has 4 atom stereocenters. The molecule has 3 rings (SSSR count). The van der Waals surface area contributed by atoms with Crippen LogP contribution in [-0.2, 0) is 34.0 Å². The molecule has 0 spiro atoms. The highest BCUT2D eigenvalue weighted by molar-refractivity contribution is 7.87. The second-order valence-corrected chi connectivity index (χ2v) is 8.67. The topological polar surface area (TPSA) is 124 Å². The Morgan fingerprint density at radius 2 is 1.87 bits per heavy atom. The Balaban J connectivity index is 0.000000210. The van der Waals surface area contributed by atoms with Gasteiger partial charge < -0.3 is 4.74 Å². The summed E-state index contributed by atoms with van der Waals surface area (Å²) in [4.78, 5) is 10.3. The predicted octanol–water partition coefficient (Wildman–Crippen LogP) is 0.977. The quantitative estimate of drug-likeness (QED) is 0.441. The van der Waals surface area contributed by atoms with Gasteiger partial charge in [0.25, 0.3) is 20.2 Å². The fourth-order valence-corrected chi connectivity index (χ4v) is 5.57. The third kappa shape index (κ3) is 5.40. The lowest BCUT2D eigenvalue weighted by atomic mass is 9.98. The van der Waals surface area contributed by atoms with Gasteiger partial charge in [0, 0.05) is 5.92 Å². The van der Waals surface area contributed by atoms with Gasteiger partial charge in [-0.05, 0) is 32.1 Å². The van der Waals surface area contributed by atoms with Crippen LogP contribution in [0.3, 0.4) is 0 Å². The lowest BCUT2D eigenvalue weighted by Gasteiger charge is -2.11. The molecule has 8 nitrogen and oxygen atoms in total. The van der Waals surface area contributed by atoms with Gasteiger partial charge in [0.2, 0.25) is 0 Å². The molecule has 2 saturated carbocycles. The molecule has 10 heteroatoms. The molecule has 0 aromatic rings. The third-order valence-corrected chi connectivity index (χ3v) is 6.33. The summed E-state index contributed by atoms with van der Waals surface area (Å²) in [7, 11) is -7.35. The Kier molecular flexibility index (Phi) is 6.99. The minimum atomic E-state index is -4.22. The summed E-state index contributed by atoms with van der Waals surface area (Å²) >= 11 is 0. The molecule has 0 aromatic carbocycles. The van der Waals surface area contributed by atoms with Crippen LogP contribution in [0.4, 0.5) is 0 Å². The van der Waals surface area contributed by atoms with Crippen molar-refractivity contribution in [3.8, 4) is 0 Å². The van der Waals surface area contributed by atoms with Crippen LogP contribution in [0, 0.1) is 11.8 Å². The van der Waals surface area contributed by atoms with Crippen LogP contribution in [0.5, 0.6) is 0 Å². The van der Waals surface area contributed by atoms with E-state index in [-0.39, 0.29) is 18.0 Å². The SMILES string of the molecule is CC.CCOC(=O)CS(=O)(=O)O.O=S1(=O)OC2CC3CC2C1C3. The predicted molar refractivity (Wildman–Crippen MR) is 82.8 cm³/mol. The molecule has 0 aromatic heterocycles. The lowest BCUT2D eigenvalue weighted by molar-refractivity contribution is -0.140. The summed E-state index contributed by atoms with van der Waals surface area (Å²) in [6.45, 7) is 5.65. The van der Waals surface area contributed by atoms with E-state index in [1.54, 1.807) is 6.92 Å². The molecular formula is C13H24O8S2. The van der Waals surface area contributed by atoms with Crippen molar-refractivity contribution in [1.29, 1.82) is 0 Å². The first kappa shape index (κ1) is 20.3.